The maximum Gasteiger partial charge on any atom is 0.251 e. The van der Waals surface area contributed by atoms with Gasteiger partial charge in [0.05, 0.1) is 18.2 Å². The van der Waals surface area contributed by atoms with Crippen LogP contribution in [0.1, 0.15) is 36.2 Å². The van der Waals surface area contributed by atoms with Gasteiger partial charge in [0.25, 0.3) is 5.91 Å². The normalized spacial score (nSPS) is 10.6. The first-order valence-corrected chi connectivity index (χ1v) is 9.82. The van der Waals surface area contributed by atoms with Crippen molar-refractivity contribution in [2.24, 2.45) is 0 Å². The zero-order chi connectivity index (χ0) is 20.6. The van der Waals surface area contributed by atoms with Gasteiger partial charge in [-0.1, -0.05) is 18.5 Å². The van der Waals surface area contributed by atoms with E-state index in [4.69, 9.17) is 21.1 Å². The fourth-order valence-electron chi connectivity index (χ4n) is 2.69. The van der Waals surface area contributed by atoms with Crippen molar-refractivity contribution >= 4 is 17.5 Å². The van der Waals surface area contributed by atoms with Crippen molar-refractivity contribution in [2.45, 2.75) is 26.8 Å². The third-order valence-electron chi connectivity index (χ3n) is 4.02. The van der Waals surface area contributed by atoms with E-state index in [-0.39, 0.29) is 5.91 Å². The van der Waals surface area contributed by atoms with Crippen molar-refractivity contribution in [3.8, 4) is 17.3 Å². The van der Waals surface area contributed by atoms with Gasteiger partial charge < -0.3 is 14.8 Å². The molecular formula is C21H23ClN4O3. The molecule has 1 amide bonds. The summed E-state index contributed by atoms with van der Waals surface area (Å²) < 4.78 is 13.0. The Labute approximate surface area is 174 Å². The summed E-state index contributed by atoms with van der Waals surface area (Å²) in [6.07, 6.45) is 6.02. The number of ether oxygens (including phenoxy) is 2. The van der Waals surface area contributed by atoms with Crippen molar-refractivity contribution in [2.75, 3.05) is 13.2 Å². The number of carbonyl (C=O) groups is 1. The Morgan fingerprint density at radius 1 is 1.21 bits per heavy atom. The number of nitrogens with one attached hydrogen (secondary N) is 1. The molecule has 2 aromatic heterocycles. The average Bonchev–Trinajstić information content (AvgIpc) is 3.27. The monoisotopic (exact) mass is 414 g/mol. The highest BCUT2D eigenvalue weighted by Gasteiger charge is 2.16. The van der Waals surface area contributed by atoms with Crippen LogP contribution in [-0.2, 0) is 6.54 Å². The molecule has 0 spiro atoms. The van der Waals surface area contributed by atoms with Gasteiger partial charge in [0.1, 0.15) is 0 Å². The van der Waals surface area contributed by atoms with Crippen LogP contribution in [0.15, 0.2) is 48.9 Å². The summed E-state index contributed by atoms with van der Waals surface area (Å²) in [6.45, 7) is 5.17. The van der Waals surface area contributed by atoms with Gasteiger partial charge in [-0.3, -0.25) is 4.79 Å². The second-order valence-electron chi connectivity index (χ2n) is 6.22. The van der Waals surface area contributed by atoms with E-state index in [0.717, 1.165) is 12.0 Å². The third-order valence-corrected chi connectivity index (χ3v) is 4.30. The van der Waals surface area contributed by atoms with Crippen LogP contribution in [0.5, 0.6) is 11.5 Å². The molecule has 3 aromatic rings. The van der Waals surface area contributed by atoms with E-state index >= 15 is 0 Å². The molecule has 1 aromatic carbocycles. The van der Waals surface area contributed by atoms with Gasteiger partial charge in [0.15, 0.2) is 17.3 Å². The highest BCUT2D eigenvalue weighted by atomic mass is 35.5. The maximum atomic E-state index is 12.7. The number of aromatic nitrogens is 3. The van der Waals surface area contributed by atoms with E-state index < -0.39 is 0 Å². The van der Waals surface area contributed by atoms with Gasteiger partial charge >= 0.3 is 0 Å². The molecule has 0 aliphatic rings. The lowest BCUT2D eigenvalue weighted by molar-refractivity contribution is 0.0950. The standard InChI is InChI=1S/C21H23ClN4O3/c1-3-10-29-20-17(22)12-16(13-18(20)28-4-2)21(27)24-14-15-6-8-23-19(11-15)26-9-5-7-25-26/h5-9,11-13H,3-4,10,14H2,1-2H3,(H,24,27). The Hall–Kier alpha value is -3.06. The minimum Gasteiger partial charge on any atom is -0.490 e. The molecule has 29 heavy (non-hydrogen) atoms. The molecule has 0 aliphatic heterocycles. The number of amides is 1. The molecule has 0 bridgehead atoms. The zero-order valence-corrected chi connectivity index (χ0v) is 17.1. The first-order valence-electron chi connectivity index (χ1n) is 9.44. The van der Waals surface area contributed by atoms with Crippen molar-refractivity contribution in [3.63, 3.8) is 0 Å². The number of nitrogens with zero attached hydrogens (tertiary/aromatic N) is 3. The Bertz CT molecular complexity index is 961. The third kappa shape index (κ3) is 5.26. The minimum atomic E-state index is -0.257. The van der Waals surface area contributed by atoms with Gasteiger partial charge in [0.2, 0.25) is 0 Å². The summed E-state index contributed by atoms with van der Waals surface area (Å²) >= 11 is 6.34. The second-order valence-corrected chi connectivity index (χ2v) is 6.63. The van der Waals surface area contributed by atoms with E-state index in [9.17, 15) is 4.79 Å². The molecule has 1 N–H and O–H groups in total. The van der Waals surface area contributed by atoms with Crippen molar-refractivity contribution in [1.82, 2.24) is 20.1 Å². The molecule has 3 rings (SSSR count). The van der Waals surface area contributed by atoms with E-state index in [1.807, 2.05) is 38.2 Å². The van der Waals surface area contributed by atoms with Crippen LogP contribution in [0.2, 0.25) is 5.02 Å². The molecule has 0 unspecified atom stereocenters. The topological polar surface area (TPSA) is 78.3 Å². The van der Waals surface area contributed by atoms with E-state index in [1.54, 1.807) is 29.2 Å². The number of hydrogen-bond acceptors (Lipinski definition) is 5. The van der Waals surface area contributed by atoms with Gasteiger partial charge in [-0.25, -0.2) is 9.67 Å². The highest BCUT2D eigenvalue weighted by Crippen LogP contribution is 2.36. The summed E-state index contributed by atoms with van der Waals surface area (Å²) in [5, 5.41) is 7.41. The van der Waals surface area contributed by atoms with E-state index in [1.165, 1.54) is 0 Å². The predicted octanol–water partition coefficient (Wildman–Crippen LogP) is 4.04. The minimum absolute atomic E-state index is 0.257. The SMILES string of the molecule is CCCOc1c(Cl)cc(C(=O)NCc2ccnc(-n3cccn3)c2)cc1OCC. The van der Waals surface area contributed by atoms with Crippen LogP contribution >= 0.6 is 11.6 Å². The number of halogens is 1. The first-order chi connectivity index (χ1) is 14.1. The zero-order valence-electron chi connectivity index (χ0n) is 16.4. The van der Waals surface area contributed by atoms with Crippen LogP contribution in [0.3, 0.4) is 0 Å². The fourth-order valence-corrected chi connectivity index (χ4v) is 2.96. The van der Waals surface area contributed by atoms with Gasteiger partial charge in [-0.05, 0) is 49.2 Å². The van der Waals surface area contributed by atoms with E-state index in [2.05, 4.69) is 15.4 Å². The smallest absolute Gasteiger partial charge is 0.251 e. The molecule has 152 valence electrons. The Balaban J connectivity index is 1.73. The lowest BCUT2D eigenvalue weighted by Crippen LogP contribution is -2.23. The Kier molecular flexibility index (Phi) is 7.08. The number of hydrogen-bond donors (Lipinski definition) is 1. The summed E-state index contributed by atoms with van der Waals surface area (Å²) in [7, 11) is 0. The molecule has 8 heteroatoms. The summed E-state index contributed by atoms with van der Waals surface area (Å²) in [6, 6.07) is 8.77. The van der Waals surface area contributed by atoms with Gasteiger partial charge in [-0.2, -0.15) is 5.10 Å². The molecule has 0 radical (unpaired) electrons. The molecule has 0 saturated heterocycles. The van der Waals surface area contributed by atoms with Crippen LogP contribution in [-0.4, -0.2) is 33.9 Å². The Morgan fingerprint density at radius 2 is 2.07 bits per heavy atom. The summed E-state index contributed by atoms with van der Waals surface area (Å²) in [5.41, 5.74) is 1.31. The quantitative estimate of drug-likeness (QED) is 0.571. The molecule has 7 nitrogen and oxygen atoms in total. The maximum absolute atomic E-state index is 12.7. The lowest BCUT2D eigenvalue weighted by Gasteiger charge is -2.15. The van der Waals surface area contributed by atoms with Crippen molar-refractivity contribution < 1.29 is 14.3 Å². The van der Waals surface area contributed by atoms with Crippen molar-refractivity contribution in [1.29, 1.82) is 0 Å². The summed E-state index contributed by atoms with van der Waals surface area (Å²) in [4.78, 5) is 17.0. The second kappa shape index (κ2) is 9.93. The number of pyridine rings is 1. The molecule has 0 saturated carbocycles. The van der Waals surface area contributed by atoms with Crippen molar-refractivity contribution in [3.05, 3.63) is 65.1 Å². The predicted molar refractivity (Wildman–Crippen MR) is 111 cm³/mol. The number of benzene rings is 1. The molecule has 0 fully saturated rings. The highest BCUT2D eigenvalue weighted by molar-refractivity contribution is 6.32. The summed E-state index contributed by atoms with van der Waals surface area (Å²) in [5.74, 6) is 1.35. The number of carbonyl (C=O) groups excluding carboxylic acids is 1. The molecule has 0 atom stereocenters. The van der Waals surface area contributed by atoms with E-state index in [0.29, 0.717) is 47.7 Å². The van der Waals surface area contributed by atoms with Gasteiger partial charge in [0, 0.05) is 30.7 Å². The Morgan fingerprint density at radius 3 is 2.79 bits per heavy atom. The first kappa shape index (κ1) is 20.7. The molecule has 0 aliphatic carbocycles. The van der Waals surface area contributed by atoms with Crippen LogP contribution in [0.25, 0.3) is 5.82 Å². The molecule has 2 heterocycles. The van der Waals surface area contributed by atoms with Gasteiger partial charge in [-0.15, -0.1) is 0 Å². The van der Waals surface area contributed by atoms with Crippen LogP contribution in [0, 0.1) is 0 Å². The fraction of sp³-hybridized carbons (Fsp3) is 0.286. The average molecular weight is 415 g/mol. The van der Waals surface area contributed by atoms with Crippen LogP contribution < -0.4 is 14.8 Å². The number of rotatable bonds is 9. The lowest BCUT2D eigenvalue weighted by atomic mass is 10.1. The van der Waals surface area contributed by atoms with Crippen LogP contribution in [0.4, 0.5) is 0 Å². The largest absolute Gasteiger partial charge is 0.490 e. The molecular weight excluding hydrogens is 392 g/mol.